The Labute approximate surface area is 133 Å². The molecule has 0 unspecified atom stereocenters. The number of fused-ring (bicyclic) bond motifs is 1. The van der Waals surface area contributed by atoms with Gasteiger partial charge in [-0.3, -0.25) is 0 Å². The fourth-order valence-electron chi connectivity index (χ4n) is 2.55. The van der Waals surface area contributed by atoms with E-state index in [0.29, 0.717) is 12.2 Å². The summed E-state index contributed by atoms with van der Waals surface area (Å²) in [5.41, 5.74) is 9.60. The van der Waals surface area contributed by atoms with Crippen molar-refractivity contribution in [3.05, 3.63) is 66.0 Å². The van der Waals surface area contributed by atoms with E-state index in [4.69, 9.17) is 15.2 Å². The van der Waals surface area contributed by atoms with Crippen molar-refractivity contribution >= 4 is 5.82 Å². The molecule has 1 aliphatic heterocycles. The number of rotatable bonds is 3. The van der Waals surface area contributed by atoms with Crippen LogP contribution in [0, 0.1) is 0 Å². The van der Waals surface area contributed by atoms with E-state index in [1.165, 1.54) is 0 Å². The average molecular weight is 305 g/mol. The zero-order valence-corrected chi connectivity index (χ0v) is 12.4. The monoisotopic (exact) mass is 305 g/mol. The average Bonchev–Trinajstić information content (AvgIpc) is 3.05. The normalized spacial score (nSPS) is 12.3. The molecule has 5 heteroatoms. The molecule has 1 aromatic heterocycles. The second-order valence-electron chi connectivity index (χ2n) is 5.32. The smallest absolute Gasteiger partial charge is 0.231 e. The van der Waals surface area contributed by atoms with Gasteiger partial charge in [-0.25, -0.2) is 9.97 Å². The van der Waals surface area contributed by atoms with Crippen LogP contribution in [0.2, 0.25) is 0 Å². The number of nitrogens with two attached hydrogens (primary N) is 1. The molecule has 5 nitrogen and oxygen atoms in total. The van der Waals surface area contributed by atoms with Gasteiger partial charge in [-0.05, 0) is 23.8 Å². The van der Waals surface area contributed by atoms with E-state index in [1.807, 2.05) is 48.5 Å². The Morgan fingerprint density at radius 1 is 1.00 bits per heavy atom. The molecule has 0 amide bonds. The molecule has 0 aliphatic carbocycles. The summed E-state index contributed by atoms with van der Waals surface area (Å²) >= 11 is 0. The number of anilines is 1. The summed E-state index contributed by atoms with van der Waals surface area (Å²) < 4.78 is 10.7. The Morgan fingerprint density at radius 3 is 2.70 bits per heavy atom. The van der Waals surface area contributed by atoms with Crippen LogP contribution in [0.25, 0.3) is 11.3 Å². The number of nitrogen functional groups attached to an aromatic ring is 1. The van der Waals surface area contributed by atoms with Gasteiger partial charge in [0.1, 0.15) is 5.82 Å². The minimum atomic E-state index is 0.255. The maximum absolute atomic E-state index is 5.99. The molecule has 3 aromatic rings. The molecule has 0 radical (unpaired) electrons. The number of hydrogen-bond donors (Lipinski definition) is 1. The zero-order valence-electron chi connectivity index (χ0n) is 12.4. The second-order valence-corrected chi connectivity index (χ2v) is 5.32. The van der Waals surface area contributed by atoms with Crippen LogP contribution in [-0.2, 0) is 6.42 Å². The number of hydrogen-bond acceptors (Lipinski definition) is 5. The minimum absolute atomic E-state index is 0.255. The highest BCUT2D eigenvalue weighted by Gasteiger charge is 2.15. The fraction of sp³-hybridized carbons (Fsp3) is 0.111. The van der Waals surface area contributed by atoms with Crippen LogP contribution < -0.4 is 15.2 Å². The molecule has 23 heavy (non-hydrogen) atoms. The summed E-state index contributed by atoms with van der Waals surface area (Å²) in [6.07, 6.45) is 2.33. The van der Waals surface area contributed by atoms with Crippen LogP contribution in [0.1, 0.15) is 11.3 Å². The summed E-state index contributed by atoms with van der Waals surface area (Å²) in [5.74, 6) is 1.94. The van der Waals surface area contributed by atoms with Gasteiger partial charge in [-0.2, -0.15) is 0 Å². The largest absolute Gasteiger partial charge is 0.454 e. The molecule has 2 heterocycles. The molecule has 114 valence electrons. The third-order valence-corrected chi connectivity index (χ3v) is 3.76. The first kappa shape index (κ1) is 13.6. The number of ether oxygens (including phenoxy) is 2. The van der Waals surface area contributed by atoms with Crippen molar-refractivity contribution in [1.82, 2.24) is 9.97 Å². The van der Waals surface area contributed by atoms with E-state index in [9.17, 15) is 0 Å². The van der Waals surface area contributed by atoms with Crippen LogP contribution >= 0.6 is 0 Å². The Bertz CT molecular complexity index is 850. The van der Waals surface area contributed by atoms with Gasteiger partial charge in [0.15, 0.2) is 11.5 Å². The van der Waals surface area contributed by atoms with Crippen molar-refractivity contribution in [3.8, 4) is 22.8 Å². The molecule has 0 fully saturated rings. The lowest BCUT2D eigenvalue weighted by atomic mass is 10.1. The van der Waals surface area contributed by atoms with Crippen molar-refractivity contribution in [3.63, 3.8) is 0 Å². The predicted molar refractivity (Wildman–Crippen MR) is 87.3 cm³/mol. The summed E-state index contributed by atoms with van der Waals surface area (Å²) in [4.78, 5) is 8.97. The van der Waals surface area contributed by atoms with Gasteiger partial charge in [0.05, 0.1) is 17.6 Å². The maximum atomic E-state index is 5.99. The highest BCUT2D eigenvalue weighted by molar-refractivity contribution is 5.64. The number of nitrogens with zero attached hydrogens (tertiary/aromatic N) is 2. The molecule has 0 saturated carbocycles. The minimum Gasteiger partial charge on any atom is -0.454 e. The topological polar surface area (TPSA) is 70.3 Å². The van der Waals surface area contributed by atoms with Crippen molar-refractivity contribution < 1.29 is 9.47 Å². The maximum Gasteiger partial charge on any atom is 0.231 e. The van der Waals surface area contributed by atoms with Crippen molar-refractivity contribution in [2.75, 3.05) is 12.5 Å². The molecule has 0 atom stereocenters. The molecular formula is C18H15N3O2. The van der Waals surface area contributed by atoms with Crippen molar-refractivity contribution in [1.29, 1.82) is 0 Å². The first-order valence-corrected chi connectivity index (χ1v) is 7.35. The standard InChI is InChI=1S/C18H15N3O2/c19-18-14(8-12-4-2-1-3-5-12)21-15(10-20-18)13-6-7-16-17(9-13)23-11-22-16/h1-7,9-10H,8,11H2,(H2,19,20). The van der Waals surface area contributed by atoms with Gasteiger partial charge < -0.3 is 15.2 Å². The Balaban J connectivity index is 1.69. The zero-order chi connectivity index (χ0) is 15.6. The van der Waals surface area contributed by atoms with Crippen LogP contribution in [0.4, 0.5) is 5.82 Å². The van der Waals surface area contributed by atoms with Gasteiger partial charge in [0, 0.05) is 12.0 Å². The third-order valence-electron chi connectivity index (χ3n) is 3.76. The Kier molecular flexibility index (Phi) is 3.31. The van der Waals surface area contributed by atoms with E-state index in [-0.39, 0.29) is 6.79 Å². The molecule has 0 spiro atoms. The van der Waals surface area contributed by atoms with Crippen LogP contribution in [0.3, 0.4) is 0 Å². The predicted octanol–water partition coefficient (Wildman–Crippen LogP) is 3.05. The highest BCUT2D eigenvalue weighted by Crippen LogP contribution is 2.35. The van der Waals surface area contributed by atoms with E-state index in [1.54, 1.807) is 6.20 Å². The molecule has 0 bridgehead atoms. The molecule has 1 aliphatic rings. The quantitative estimate of drug-likeness (QED) is 0.805. The van der Waals surface area contributed by atoms with E-state index >= 15 is 0 Å². The Morgan fingerprint density at radius 2 is 1.83 bits per heavy atom. The Hall–Kier alpha value is -3.08. The molecule has 0 saturated heterocycles. The van der Waals surface area contributed by atoms with Crippen LogP contribution in [0.15, 0.2) is 54.7 Å². The van der Waals surface area contributed by atoms with E-state index in [0.717, 1.165) is 34.0 Å². The van der Waals surface area contributed by atoms with Gasteiger partial charge in [-0.1, -0.05) is 30.3 Å². The van der Waals surface area contributed by atoms with Gasteiger partial charge in [0.25, 0.3) is 0 Å². The molecule has 4 rings (SSSR count). The molecule has 2 aromatic carbocycles. The van der Waals surface area contributed by atoms with Gasteiger partial charge in [-0.15, -0.1) is 0 Å². The van der Waals surface area contributed by atoms with E-state index in [2.05, 4.69) is 9.97 Å². The molecular weight excluding hydrogens is 290 g/mol. The van der Waals surface area contributed by atoms with Crippen molar-refractivity contribution in [2.24, 2.45) is 0 Å². The second kappa shape index (κ2) is 5.61. The first-order chi connectivity index (χ1) is 11.3. The SMILES string of the molecule is Nc1ncc(-c2ccc3c(c2)OCO3)nc1Cc1ccccc1. The lowest BCUT2D eigenvalue weighted by molar-refractivity contribution is 0.174. The summed E-state index contributed by atoms with van der Waals surface area (Å²) in [5, 5.41) is 0. The van der Waals surface area contributed by atoms with Crippen molar-refractivity contribution in [2.45, 2.75) is 6.42 Å². The van der Waals surface area contributed by atoms with E-state index < -0.39 is 0 Å². The number of aromatic nitrogens is 2. The molecule has 2 N–H and O–H groups in total. The van der Waals surface area contributed by atoms with Crippen LogP contribution in [0.5, 0.6) is 11.5 Å². The van der Waals surface area contributed by atoms with Gasteiger partial charge >= 0.3 is 0 Å². The summed E-state index contributed by atoms with van der Waals surface area (Å²) in [6.45, 7) is 0.255. The first-order valence-electron chi connectivity index (χ1n) is 7.35. The van der Waals surface area contributed by atoms with Crippen LogP contribution in [-0.4, -0.2) is 16.8 Å². The highest BCUT2D eigenvalue weighted by atomic mass is 16.7. The summed E-state index contributed by atoms with van der Waals surface area (Å²) in [7, 11) is 0. The number of benzene rings is 2. The lowest BCUT2D eigenvalue weighted by Gasteiger charge is -2.08. The van der Waals surface area contributed by atoms with Gasteiger partial charge in [0.2, 0.25) is 6.79 Å². The summed E-state index contributed by atoms with van der Waals surface area (Å²) in [6, 6.07) is 15.8. The lowest BCUT2D eigenvalue weighted by Crippen LogP contribution is -2.03. The third kappa shape index (κ3) is 2.68. The fourth-order valence-corrected chi connectivity index (χ4v) is 2.55.